The van der Waals surface area contributed by atoms with Gasteiger partial charge in [0.1, 0.15) is 11.7 Å². The van der Waals surface area contributed by atoms with E-state index >= 15 is 0 Å². The maximum atomic E-state index is 4.41. The molecule has 0 unspecified atom stereocenters. The van der Waals surface area contributed by atoms with Crippen molar-refractivity contribution in [2.24, 2.45) is 20.0 Å². The Morgan fingerprint density at radius 1 is 0.818 bits per heavy atom. The Labute approximate surface area is 202 Å². The first kappa shape index (κ1) is 34.3. The van der Waals surface area contributed by atoms with Crippen molar-refractivity contribution in [1.82, 2.24) is 9.97 Å². The number of amidine groups is 1. The smallest absolute Gasteiger partial charge is 0.143 e. The Bertz CT molecular complexity index is 763. The molecule has 0 saturated heterocycles. The van der Waals surface area contributed by atoms with Crippen LogP contribution in [0.5, 0.6) is 0 Å². The molecule has 2 heterocycles. The van der Waals surface area contributed by atoms with E-state index in [4.69, 9.17) is 0 Å². The second-order valence-corrected chi connectivity index (χ2v) is 5.52. The van der Waals surface area contributed by atoms with Crippen LogP contribution >= 0.6 is 0 Å². The lowest BCUT2D eigenvalue weighted by atomic mass is 10.2. The van der Waals surface area contributed by atoms with Crippen LogP contribution in [0.25, 0.3) is 11.4 Å². The zero-order chi connectivity index (χ0) is 26.1. The van der Waals surface area contributed by atoms with Gasteiger partial charge >= 0.3 is 0 Å². The standard InChI is InChI=1S/C18H18N6.C3H8.3C2H6/c1-13(19-3)21-9-15-5-7-17(23-11-15)18-8-6-16(12-24-18)10-22-14(2)20-4;1-3-2;3*1-2/h5-12H,1,3H2,2,4H3;3H2,1-2H3;3*1-2H3/b20-14?,21-9+,22-10?;;;;. The Hall–Kier alpha value is -3.28. The molecule has 2 aromatic heterocycles. The number of aliphatic imine (C=N–C) groups is 4. The van der Waals surface area contributed by atoms with E-state index < -0.39 is 0 Å². The fourth-order valence-electron chi connectivity index (χ4n) is 1.68. The molecular formula is C27H44N6. The number of nitrogens with zero attached hydrogens (tertiary/aromatic N) is 6. The van der Waals surface area contributed by atoms with E-state index in [1.54, 1.807) is 31.9 Å². The summed E-state index contributed by atoms with van der Waals surface area (Å²) in [5, 5.41) is 0. The lowest BCUT2D eigenvalue weighted by Crippen LogP contribution is -1.92. The minimum atomic E-state index is 0.362. The van der Waals surface area contributed by atoms with Gasteiger partial charge in [-0.1, -0.05) is 68.4 Å². The van der Waals surface area contributed by atoms with Gasteiger partial charge in [-0.2, -0.15) is 0 Å². The Kier molecular flexibility index (Phi) is 26.0. The first-order chi connectivity index (χ1) is 16.0. The minimum absolute atomic E-state index is 0.362. The van der Waals surface area contributed by atoms with Gasteiger partial charge in [0.15, 0.2) is 0 Å². The van der Waals surface area contributed by atoms with Crippen LogP contribution in [-0.2, 0) is 0 Å². The molecule has 0 radical (unpaired) electrons. The molecule has 182 valence electrons. The van der Waals surface area contributed by atoms with E-state index in [1.165, 1.54) is 6.42 Å². The third-order valence-electron chi connectivity index (χ3n) is 3.10. The topological polar surface area (TPSA) is 75.2 Å². The van der Waals surface area contributed by atoms with Crippen LogP contribution in [0, 0.1) is 0 Å². The molecule has 0 fully saturated rings. The van der Waals surface area contributed by atoms with Crippen molar-refractivity contribution in [3.8, 4) is 11.4 Å². The minimum Gasteiger partial charge on any atom is -0.274 e. The SMILES string of the molecule is C=NC(=C)/N=C/c1ccc(-c2ccc(C=NC(C)=NC)cn2)nc1.CC.CC.CC.CCC. The second kappa shape index (κ2) is 25.0. The molecule has 6 heteroatoms. The highest BCUT2D eigenvalue weighted by Crippen LogP contribution is 2.14. The predicted octanol–water partition coefficient (Wildman–Crippen LogP) is 7.70. The molecule has 2 aromatic rings. The molecule has 0 aliphatic rings. The van der Waals surface area contributed by atoms with E-state index in [1.807, 2.05) is 72.7 Å². The number of hydrogen-bond donors (Lipinski definition) is 0. The fourth-order valence-corrected chi connectivity index (χ4v) is 1.68. The van der Waals surface area contributed by atoms with Crippen LogP contribution in [0.3, 0.4) is 0 Å². The molecule has 0 aliphatic carbocycles. The van der Waals surface area contributed by atoms with Crippen LogP contribution in [-0.4, -0.2) is 42.0 Å². The monoisotopic (exact) mass is 452 g/mol. The van der Waals surface area contributed by atoms with Crippen LogP contribution in [0.2, 0.25) is 0 Å². The van der Waals surface area contributed by atoms with E-state index in [0.717, 1.165) is 22.5 Å². The number of rotatable bonds is 5. The van der Waals surface area contributed by atoms with Crippen molar-refractivity contribution in [3.05, 3.63) is 60.2 Å². The lowest BCUT2D eigenvalue weighted by Gasteiger charge is -2.01. The third-order valence-corrected chi connectivity index (χ3v) is 3.10. The molecule has 0 bridgehead atoms. The third kappa shape index (κ3) is 17.0. The van der Waals surface area contributed by atoms with Crippen LogP contribution in [0.4, 0.5) is 0 Å². The molecule has 6 nitrogen and oxygen atoms in total. The van der Waals surface area contributed by atoms with E-state index in [-0.39, 0.29) is 0 Å². The molecule has 0 aromatic carbocycles. The van der Waals surface area contributed by atoms with Gasteiger partial charge in [-0.3, -0.25) is 15.0 Å². The molecular weight excluding hydrogens is 408 g/mol. The molecule has 0 amide bonds. The lowest BCUT2D eigenvalue weighted by molar-refractivity contribution is 1.09. The summed E-state index contributed by atoms with van der Waals surface area (Å²) in [5.41, 5.74) is 3.32. The maximum absolute atomic E-state index is 4.41. The van der Waals surface area contributed by atoms with Gasteiger partial charge in [-0.05, 0) is 37.9 Å². The summed E-state index contributed by atoms with van der Waals surface area (Å²) in [5.74, 6) is 1.08. The first-order valence-corrected chi connectivity index (χ1v) is 11.6. The van der Waals surface area contributed by atoms with Crippen molar-refractivity contribution in [2.45, 2.75) is 68.7 Å². The van der Waals surface area contributed by atoms with Crippen LogP contribution < -0.4 is 0 Å². The Balaban J connectivity index is -0.000000882. The largest absolute Gasteiger partial charge is 0.274 e. The van der Waals surface area contributed by atoms with Crippen molar-refractivity contribution >= 4 is 25.0 Å². The van der Waals surface area contributed by atoms with Gasteiger partial charge in [0, 0.05) is 43.0 Å². The van der Waals surface area contributed by atoms with Crippen molar-refractivity contribution in [2.75, 3.05) is 7.05 Å². The van der Waals surface area contributed by atoms with Gasteiger partial charge in [-0.25, -0.2) is 15.0 Å². The van der Waals surface area contributed by atoms with Crippen molar-refractivity contribution in [3.63, 3.8) is 0 Å². The zero-order valence-corrected chi connectivity index (χ0v) is 22.4. The number of pyridine rings is 2. The molecule has 0 spiro atoms. The molecule has 0 saturated carbocycles. The van der Waals surface area contributed by atoms with E-state index in [2.05, 4.69) is 57.1 Å². The van der Waals surface area contributed by atoms with Crippen LogP contribution in [0.15, 0.2) is 69.0 Å². The Morgan fingerprint density at radius 2 is 1.21 bits per heavy atom. The van der Waals surface area contributed by atoms with Gasteiger partial charge < -0.3 is 0 Å². The van der Waals surface area contributed by atoms with E-state index in [0.29, 0.717) is 11.7 Å². The number of aromatic nitrogens is 2. The van der Waals surface area contributed by atoms with Crippen LogP contribution in [0.1, 0.15) is 79.9 Å². The summed E-state index contributed by atoms with van der Waals surface area (Å²) >= 11 is 0. The van der Waals surface area contributed by atoms with Crippen molar-refractivity contribution < 1.29 is 0 Å². The fraction of sp³-hybridized carbons (Fsp3) is 0.407. The first-order valence-electron chi connectivity index (χ1n) is 11.6. The van der Waals surface area contributed by atoms with Gasteiger partial charge in [-0.15, -0.1) is 0 Å². The quantitative estimate of drug-likeness (QED) is 0.344. The summed E-state index contributed by atoms with van der Waals surface area (Å²) in [6, 6.07) is 7.63. The Morgan fingerprint density at radius 3 is 1.52 bits per heavy atom. The summed E-state index contributed by atoms with van der Waals surface area (Å²) < 4.78 is 0. The molecule has 0 atom stereocenters. The summed E-state index contributed by atoms with van der Waals surface area (Å²) in [6.07, 6.45) is 8.08. The van der Waals surface area contributed by atoms with Gasteiger partial charge in [0.05, 0.1) is 11.4 Å². The normalized spacial score (nSPS) is 9.82. The second-order valence-electron chi connectivity index (χ2n) is 5.52. The summed E-state index contributed by atoms with van der Waals surface area (Å²) in [7, 11) is 1.71. The van der Waals surface area contributed by atoms with Crippen molar-refractivity contribution in [1.29, 1.82) is 0 Å². The highest BCUT2D eigenvalue weighted by atomic mass is 14.9. The summed E-state index contributed by atoms with van der Waals surface area (Å²) in [4.78, 5) is 24.6. The maximum Gasteiger partial charge on any atom is 0.143 e. The summed E-state index contributed by atoms with van der Waals surface area (Å²) in [6.45, 7) is 25.1. The van der Waals surface area contributed by atoms with Gasteiger partial charge in [0.25, 0.3) is 0 Å². The average molecular weight is 453 g/mol. The van der Waals surface area contributed by atoms with Gasteiger partial charge in [0.2, 0.25) is 0 Å². The number of hydrogen-bond acceptors (Lipinski definition) is 5. The zero-order valence-electron chi connectivity index (χ0n) is 22.4. The predicted molar refractivity (Wildman–Crippen MR) is 150 cm³/mol. The molecule has 0 aliphatic heterocycles. The molecule has 0 N–H and O–H groups in total. The highest BCUT2D eigenvalue weighted by molar-refractivity contribution is 5.93. The van der Waals surface area contributed by atoms with E-state index in [9.17, 15) is 0 Å². The molecule has 33 heavy (non-hydrogen) atoms. The molecule has 2 rings (SSSR count). The highest BCUT2D eigenvalue weighted by Gasteiger charge is 2.01. The average Bonchev–Trinajstić information content (AvgIpc) is 2.90.